The van der Waals surface area contributed by atoms with E-state index < -0.39 is 17.1 Å². The number of nitrogens with one attached hydrogen (secondary N) is 1. The van der Waals surface area contributed by atoms with E-state index in [1.807, 2.05) is 0 Å². The van der Waals surface area contributed by atoms with Crippen LogP contribution in [0.15, 0.2) is 24.3 Å². The minimum Gasteiger partial charge on any atom is -0.354 e. The van der Waals surface area contributed by atoms with Gasteiger partial charge in [0.2, 0.25) is 23.6 Å². The Bertz CT molecular complexity index is 899. The molecule has 7 nitrogen and oxygen atoms in total. The van der Waals surface area contributed by atoms with Crippen molar-refractivity contribution in [2.24, 2.45) is 0 Å². The van der Waals surface area contributed by atoms with Gasteiger partial charge in [0.25, 0.3) is 0 Å². The van der Waals surface area contributed by atoms with Crippen molar-refractivity contribution in [2.45, 2.75) is 62.8 Å². The van der Waals surface area contributed by atoms with Gasteiger partial charge in [-0.1, -0.05) is 37.5 Å². The summed E-state index contributed by atoms with van der Waals surface area (Å²) in [6.45, 7) is 0.900. The number of rotatable bonds is 4. The average molecular weight is 429 g/mol. The van der Waals surface area contributed by atoms with Gasteiger partial charge in [0.1, 0.15) is 5.82 Å². The van der Waals surface area contributed by atoms with Gasteiger partial charge in [-0.2, -0.15) is 0 Å². The predicted octanol–water partition coefficient (Wildman–Crippen LogP) is 1.89. The van der Waals surface area contributed by atoms with Crippen LogP contribution in [0.4, 0.5) is 4.39 Å². The number of amides is 4. The van der Waals surface area contributed by atoms with Crippen LogP contribution in [0.25, 0.3) is 0 Å². The first kappa shape index (κ1) is 21.5. The van der Waals surface area contributed by atoms with Crippen LogP contribution in [0.5, 0.6) is 0 Å². The molecule has 4 rings (SSSR count). The third kappa shape index (κ3) is 4.07. The molecule has 3 fully saturated rings. The fraction of sp³-hybridized carbons (Fsp3) is 0.565. The second-order valence-electron chi connectivity index (χ2n) is 8.76. The molecule has 2 aliphatic heterocycles. The molecule has 4 amide bonds. The minimum absolute atomic E-state index is 0.101. The Balaban J connectivity index is 1.67. The lowest BCUT2D eigenvalue weighted by Gasteiger charge is -2.33. The molecule has 0 spiro atoms. The van der Waals surface area contributed by atoms with Gasteiger partial charge in [0.15, 0.2) is 0 Å². The van der Waals surface area contributed by atoms with E-state index in [4.69, 9.17) is 0 Å². The fourth-order valence-corrected chi connectivity index (χ4v) is 5.15. The van der Waals surface area contributed by atoms with Crippen LogP contribution in [0, 0.1) is 5.82 Å². The topological polar surface area (TPSA) is 86.8 Å². The van der Waals surface area contributed by atoms with E-state index in [2.05, 4.69) is 5.32 Å². The first-order valence-corrected chi connectivity index (χ1v) is 11.1. The molecular weight excluding hydrogens is 401 g/mol. The van der Waals surface area contributed by atoms with Crippen molar-refractivity contribution >= 4 is 23.6 Å². The van der Waals surface area contributed by atoms with E-state index in [1.165, 1.54) is 28.0 Å². The quantitative estimate of drug-likeness (QED) is 0.741. The third-order valence-electron chi connectivity index (χ3n) is 6.80. The largest absolute Gasteiger partial charge is 0.354 e. The van der Waals surface area contributed by atoms with E-state index in [9.17, 15) is 23.6 Å². The van der Waals surface area contributed by atoms with E-state index in [-0.39, 0.29) is 55.1 Å². The molecule has 1 atom stereocenters. The zero-order chi connectivity index (χ0) is 22.0. The Kier molecular flexibility index (Phi) is 6.07. The van der Waals surface area contributed by atoms with Crippen LogP contribution in [-0.2, 0) is 24.6 Å². The van der Waals surface area contributed by atoms with Crippen LogP contribution < -0.4 is 5.32 Å². The SMILES string of the molecule is O=C1CCN(C(=O)CC2(c3ccccc3F)CC(=O)N(C3CCCCC3)C2=O)CCN1. The number of imide groups is 1. The van der Waals surface area contributed by atoms with Gasteiger partial charge < -0.3 is 10.2 Å². The molecule has 1 saturated carbocycles. The van der Waals surface area contributed by atoms with Crippen LogP contribution in [0.3, 0.4) is 0 Å². The third-order valence-corrected chi connectivity index (χ3v) is 6.80. The molecule has 0 aromatic heterocycles. The van der Waals surface area contributed by atoms with Crippen LogP contribution >= 0.6 is 0 Å². The summed E-state index contributed by atoms with van der Waals surface area (Å²) in [6.07, 6.45) is 4.16. The van der Waals surface area contributed by atoms with Crippen LogP contribution in [0.2, 0.25) is 0 Å². The molecule has 166 valence electrons. The molecule has 8 heteroatoms. The molecule has 0 radical (unpaired) electrons. The molecular formula is C23H28FN3O4. The van der Waals surface area contributed by atoms with Gasteiger partial charge >= 0.3 is 0 Å². The monoisotopic (exact) mass is 429 g/mol. The Morgan fingerprint density at radius 2 is 1.84 bits per heavy atom. The van der Waals surface area contributed by atoms with E-state index >= 15 is 0 Å². The summed E-state index contributed by atoms with van der Waals surface area (Å²) < 4.78 is 14.9. The van der Waals surface area contributed by atoms with Crippen molar-refractivity contribution in [3.63, 3.8) is 0 Å². The predicted molar refractivity (Wildman–Crippen MR) is 110 cm³/mol. The maximum absolute atomic E-state index is 14.9. The Hall–Kier alpha value is -2.77. The van der Waals surface area contributed by atoms with Gasteiger partial charge in [0.05, 0.1) is 5.41 Å². The molecule has 3 aliphatic rings. The van der Waals surface area contributed by atoms with Gasteiger partial charge in [-0.3, -0.25) is 24.1 Å². The number of hydrogen-bond acceptors (Lipinski definition) is 4. The Morgan fingerprint density at radius 1 is 1.10 bits per heavy atom. The summed E-state index contributed by atoms with van der Waals surface area (Å²) in [6, 6.07) is 5.74. The lowest BCUT2D eigenvalue weighted by Crippen LogP contribution is -2.47. The van der Waals surface area contributed by atoms with E-state index in [1.54, 1.807) is 6.07 Å². The highest BCUT2D eigenvalue weighted by atomic mass is 19.1. The normalized spacial score (nSPS) is 25.5. The highest BCUT2D eigenvalue weighted by molar-refractivity contribution is 6.11. The Labute approximate surface area is 180 Å². The summed E-state index contributed by atoms with van der Waals surface area (Å²) in [5.74, 6) is -1.86. The lowest BCUT2D eigenvalue weighted by atomic mass is 9.75. The molecule has 2 saturated heterocycles. The standard InChI is InChI=1S/C23H28FN3O4/c24-18-9-5-4-8-17(18)23(14-20(29)26-12-10-19(28)25-11-13-26)15-21(30)27(22(23)31)16-6-2-1-3-7-16/h4-5,8-9,16H,1-3,6-7,10-15H2,(H,25,28). The molecule has 0 bridgehead atoms. The van der Waals surface area contributed by atoms with Crippen molar-refractivity contribution < 1.29 is 23.6 Å². The number of carbonyl (C=O) groups is 4. The maximum atomic E-state index is 14.9. The van der Waals surface area contributed by atoms with E-state index in [0.29, 0.717) is 13.1 Å². The van der Waals surface area contributed by atoms with Crippen LogP contribution in [-0.4, -0.2) is 59.1 Å². The minimum atomic E-state index is -1.54. The van der Waals surface area contributed by atoms with Crippen molar-refractivity contribution in [1.29, 1.82) is 0 Å². The van der Waals surface area contributed by atoms with Gasteiger partial charge in [0, 0.05) is 50.5 Å². The second-order valence-corrected chi connectivity index (χ2v) is 8.76. The number of likely N-dealkylation sites (tertiary alicyclic amines) is 1. The van der Waals surface area contributed by atoms with Crippen molar-refractivity contribution in [1.82, 2.24) is 15.1 Å². The number of halogens is 1. The molecule has 1 aromatic rings. The number of benzene rings is 1. The van der Waals surface area contributed by atoms with Crippen molar-refractivity contribution in [2.75, 3.05) is 19.6 Å². The maximum Gasteiger partial charge on any atom is 0.241 e. The van der Waals surface area contributed by atoms with Gasteiger partial charge in [-0.25, -0.2) is 4.39 Å². The molecule has 2 heterocycles. The van der Waals surface area contributed by atoms with Crippen LogP contribution in [0.1, 0.15) is 56.9 Å². The zero-order valence-corrected chi connectivity index (χ0v) is 17.6. The second kappa shape index (κ2) is 8.77. The Morgan fingerprint density at radius 3 is 2.58 bits per heavy atom. The van der Waals surface area contributed by atoms with Gasteiger partial charge in [-0.05, 0) is 18.9 Å². The highest BCUT2D eigenvalue weighted by Crippen LogP contribution is 2.43. The van der Waals surface area contributed by atoms with E-state index in [0.717, 1.165) is 32.1 Å². The first-order valence-electron chi connectivity index (χ1n) is 11.1. The fourth-order valence-electron chi connectivity index (χ4n) is 5.15. The summed E-state index contributed by atoms with van der Waals surface area (Å²) in [5, 5.41) is 2.72. The van der Waals surface area contributed by atoms with Crippen molar-refractivity contribution in [3.05, 3.63) is 35.6 Å². The summed E-state index contributed by atoms with van der Waals surface area (Å²) in [5.41, 5.74) is -1.44. The number of carbonyl (C=O) groups excluding carboxylic acids is 4. The molecule has 31 heavy (non-hydrogen) atoms. The van der Waals surface area contributed by atoms with Crippen molar-refractivity contribution in [3.8, 4) is 0 Å². The molecule has 1 N–H and O–H groups in total. The smallest absolute Gasteiger partial charge is 0.241 e. The first-order chi connectivity index (χ1) is 14.9. The summed E-state index contributed by atoms with van der Waals surface area (Å²) in [7, 11) is 0. The van der Waals surface area contributed by atoms with Gasteiger partial charge in [-0.15, -0.1) is 0 Å². The summed E-state index contributed by atoms with van der Waals surface area (Å²) in [4.78, 5) is 54.5. The molecule has 1 aromatic carbocycles. The average Bonchev–Trinajstić information content (AvgIpc) is 2.89. The number of nitrogens with zero attached hydrogens (tertiary/aromatic N) is 2. The summed E-state index contributed by atoms with van der Waals surface area (Å²) >= 11 is 0. The molecule has 1 unspecified atom stereocenters. The highest BCUT2D eigenvalue weighted by Gasteiger charge is 2.56. The number of hydrogen-bond donors (Lipinski definition) is 1. The zero-order valence-electron chi connectivity index (χ0n) is 17.6. The molecule has 1 aliphatic carbocycles. The lowest BCUT2D eigenvalue weighted by molar-refractivity contribution is -0.145.